The van der Waals surface area contributed by atoms with Gasteiger partial charge in [0.25, 0.3) is 5.56 Å². The van der Waals surface area contributed by atoms with Gasteiger partial charge in [0.15, 0.2) is 0 Å². The minimum absolute atomic E-state index is 0.0105. The van der Waals surface area contributed by atoms with Crippen molar-refractivity contribution >= 4 is 5.91 Å². The number of hydrogen-bond donors (Lipinski definition) is 1. The largest absolute Gasteiger partial charge is 0.361 e. The van der Waals surface area contributed by atoms with Gasteiger partial charge in [-0.05, 0) is 52.5 Å². The number of aromatic nitrogens is 3. The van der Waals surface area contributed by atoms with Crippen molar-refractivity contribution in [3.05, 3.63) is 45.2 Å². The number of carbonyl (C=O) groups excluding carboxylic acids is 1. The van der Waals surface area contributed by atoms with Gasteiger partial charge in [0, 0.05) is 17.7 Å². The van der Waals surface area contributed by atoms with Crippen LogP contribution in [0.2, 0.25) is 0 Å². The van der Waals surface area contributed by atoms with Crippen LogP contribution in [0, 0.1) is 20.8 Å². The number of rotatable bonds is 4. The van der Waals surface area contributed by atoms with Crippen LogP contribution < -0.4 is 10.9 Å². The van der Waals surface area contributed by atoms with Crippen LogP contribution in [0.25, 0.3) is 0 Å². The van der Waals surface area contributed by atoms with E-state index in [0.29, 0.717) is 12.2 Å². The summed E-state index contributed by atoms with van der Waals surface area (Å²) in [6, 6.07) is 3.56. The van der Waals surface area contributed by atoms with E-state index in [9.17, 15) is 9.59 Å². The number of nitrogens with one attached hydrogen (secondary N) is 1. The summed E-state index contributed by atoms with van der Waals surface area (Å²) in [7, 11) is 0. The minimum atomic E-state index is -0.0588. The third kappa shape index (κ3) is 3.97. The molecule has 2 aromatic rings. The minimum Gasteiger partial charge on any atom is -0.361 e. The van der Waals surface area contributed by atoms with Gasteiger partial charge in [-0.25, -0.2) is 4.68 Å². The molecule has 1 aliphatic carbocycles. The topological polar surface area (TPSA) is 90.0 Å². The van der Waals surface area contributed by atoms with E-state index in [2.05, 4.69) is 15.6 Å². The molecule has 0 aromatic carbocycles. The number of nitrogens with zero attached hydrogens (tertiary/aromatic N) is 3. The van der Waals surface area contributed by atoms with Gasteiger partial charge in [-0.1, -0.05) is 5.16 Å². The van der Waals surface area contributed by atoms with Crippen LogP contribution in [0.4, 0.5) is 0 Å². The summed E-state index contributed by atoms with van der Waals surface area (Å²) in [5.74, 6) is 0.685. The molecule has 0 radical (unpaired) electrons. The van der Waals surface area contributed by atoms with E-state index in [4.69, 9.17) is 4.52 Å². The molecular formula is C18H24N4O3. The van der Waals surface area contributed by atoms with Gasteiger partial charge in [0.1, 0.15) is 5.76 Å². The van der Waals surface area contributed by atoms with Gasteiger partial charge in [0.2, 0.25) is 5.91 Å². The Morgan fingerprint density at radius 2 is 1.96 bits per heavy atom. The molecule has 2 heterocycles. The van der Waals surface area contributed by atoms with Gasteiger partial charge in [-0.3, -0.25) is 9.59 Å². The van der Waals surface area contributed by atoms with Gasteiger partial charge < -0.3 is 9.84 Å². The summed E-state index contributed by atoms with van der Waals surface area (Å²) in [6.45, 7) is 5.55. The first-order valence-electron chi connectivity index (χ1n) is 8.71. The molecule has 0 unspecified atom stereocenters. The molecule has 1 aliphatic rings. The van der Waals surface area contributed by atoms with Crippen LogP contribution in [0.1, 0.15) is 54.4 Å². The zero-order chi connectivity index (χ0) is 18.0. The maximum absolute atomic E-state index is 12.3. The second-order valence-corrected chi connectivity index (χ2v) is 6.81. The summed E-state index contributed by atoms with van der Waals surface area (Å²) in [4.78, 5) is 24.3. The monoisotopic (exact) mass is 344 g/mol. The first-order chi connectivity index (χ1) is 11.9. The maximum Gasteiger partial charge on any atom is 0.267 e. The fourth-order valence-electron chi connectivity index (χ4n) is 3.44. The van der Waals surface area contributed by atoms with Crippen molar-refractivity contribution in [2.45, 2.75) is 65.0 Å². The Morgan fingerprint density at radius 3 is 2.60 bits per heavy atom. The Balaban J connectivity index is 1.55. The third-order valence-electron chi connectivity index (χ3n) is 4.88. The molecule has 2 aromatic heterocycles. The Hall–Kier alpha value is -2.44. The highest BCUT2D eigenvalue weighted by atomic mass is 16.5. The number of aryl methyl sites for hydroxylation is 3. The van der Waals surface area contributed by atoms with Crippen molar-refractivity contribution in [3.8, 4) is 0 Å². The summed E-state index contributed by atoms with van der Waals surface area (Å²) < 4.78 is 6.70. The van der Waals surface area contributed by atoms with E-state index in [1.165, 1.54) is 0 Å². The fourth-order valence-corrected chi connectivity index (χ4v) is 3.44. The van der Waals surface area contributed by atoms with Crippen LogP contribution >= 0.6 is 0 Å². The Bertz CT molecular complexity index is 796. The van der Waals surface area contributed by atoms with Crippen LogP contribution in [-0.2, 0) is 11.2 Å². The van der Waals surface area contributed by atoms with Gasteiger partial charge >= 0.3 is 0 Å². The fraction of sp³-hybridized carbons (Fsp3) is 0.556. The average Bonchev–Trinajstić information content (AvgIpc) is 2.90. The van der Waals surface area contributed by atoms with Gasteiger partial charge in [-0.2, -0.15) is 5.10 Å². The van der Waals surface area contributed by atoms with Crippen molar-refractivity contribution in [1.29, 1.82) is 0 Å². The Kier molecular flexibility index (Phi) is 5.01. The first kappa shape index (κ1) is 17.4. The zero-order valence-electron chi connectivity index (χ0n) is 14.9. The Morgan fingerprint density at radius 1 is 1.24 bits per heavy atom. The molecule has 7 heteroatoms. The molecule has 3 rings (SSSR count). The lowest BCUT2D eigenvalue weighted by molar-refractivity contribution is -0.121. The number of amides is 1. The van der Waals surface area contributed by atoms with E-state index >= 15 is 0 Å². The van der Waals surface area contributed by atoms with Crippen LogP contribution in [0.15, 0.2) is 21.5 Å². The lowest BCUT2D eigenvalue weighted by Crippen LogP contribution is -2.40. The van der Waals surface area contributed by atoms with Crippen molar-refractivity contribution < 1.29 is 9.32 Å². The molecule has 134 valence electrons. The molecule has 0 aliphatic heterocycles. The number of carbonyl (C=O) groups is 1. The molecular weight excluding hydrogens is 320 g/mol. The number of hydrogen-bond acceptors (Lipinski definition) is 5. The van der Waals surface area contributed by atoms with Crippen LogP contribution in [-0.4, -0.2) is 26.9 Å². The highest BCUT2D eigenvalue weighted by Gasteiger charge is 2.25. The predicted octanol–water partition coefficient (Wildman–Crippen LogP) is 2.00. The lowest BCUT2D eigenvalue weighted by Gasteiger charge is -2.29. The average molecular weight is 344 g/mol. The molecule has 1 amide bonds. The second-order valence-electron chi connectivity index (χ2n) is 6.81. The summed E-state index contributed by atoms with van der Waals surface area (Å²) in [5.41, 5.74) is 2.41. The molecule has 1 fully saturated rings. The van der Waals surface area contributed by atoms with Crippen molar-refractivity contribution in [1.82, 2.24) is 20.3 Å². The molecule has 0 spiro atoms. The quantitative estimate of drug-likeness (QED) is 0.916. The maximum atomic E-state index is 12.3. The smallest absolute Gasteiger partial charge is 0.267 e. The van der Waals surface area contributed by atoms with E-state index in [0.717, 1.165) is 42.6 Å². The lowest BCUT2D eigenvalue weighted by atomic mass is 9.91. The van der Waals surface area contributed by atoms with E-state index in [-0.39, 0.29) is 23.6 Å². The molecule has 0 bridgehead atoms. The van der Waals surface area contributed by atoms with E-state index in [1.807, 2.05) is 20.8 Å². The Labute approximate surface area is 146 Å². The molecule has 0 saturated heterocycles. The summed E-state index contributed by atoms with van der Waals surface area (Å²) >= 11 is 0. The molecule has 1 N–H and O–H groups in total. The standard InChI is InChI=1S/C18H24N4O3/c1-11-4-9-18(24)22(20-11)15-7-5-14(6-8-15)19-17(23)10-16-12(2)21-25-13(16)3/h4,9,14-15H,5-8,10H2,1-3H3,(H,19,23). The zero-order valence-corrected chi connectivity index (χ0v) is 14.9. The van der Waals surface area contributed by atoms with Gasteiger partial charge in [-0.15, -0.1) is 0 Å². The van der Waals surface area contributed by atoms with Crippen molar-refractivity contribution in [3.63, 3.8) is 0 Å². The normalized spacial score (nSPS) is 20.4. The summed E-state index contributed by atoms with van der Waals surface area (Å²) in [6.07, 6.45) is 3.67. The van der Waals surface area contributed by atoms with E-state index in [1.54, 1.807) is 16.8 Å². The SMILES string of the molecule is Cc1ccc(=O)n(C2CCC(NC(=O)Cc3c(C)noc3C)CC2)n1. The van der Waals surface area contributed by atoms with Crippen LogP contribution in [0.3, 0.4) is 0 Å². The van der Waals surface area contributed by atoms with Gasteiger partial charge in [0.05, 0.1) is 23.9 Å². The van der Waals surface area contributed by atoms with Crippen molar-refractivity contribution in [2.75, 3.05) is 0 Å². The third-order valence-corrected chi connectivity index (χ3v) is 4.88. The second kappa shape index (κ2) is 7.21. The molecule has 0 atom stereocenters. The molecule has 1 saturated carbocycles. The molecule has 7 nitrogen and oxygen atoms in total. The highest BCUT2D eigenvalue weighted by Crippen LogP contribution is 2.27. The van der Waals surface area contributed by atoms with Crippen LogP contribution in [0.5, 0.6) is 0 Å². The van der Waals surface area contributed by atoms with Crippen molar-refractivity contribution in [2.24, 2.45) is 0 Å². The molecule has 25 heavy (non-hydrogen) atoms. The highest BCUT2D eigenvalue weighted by molar-refractivity contribution is 5.79. The van der Waals surface area contributed by atoms with E-state index < -0.39 is 0 Å². The summed E-state index contributed by atoms with van der Waals surface area (Å²) in [5, 5.41) is 11.3. The predicted molar refractivity (Wildman–Crippen MR) is 92.4 cm³/mol. The first-order valence-corrected chi connectivity index (χ1v) is 8.71.